The van der Waals surface area contributed by atoms with Crippen LogP contribution in [0.1, 0.15) is 35.2 Å². The van der Waals surface area contributed by atoms with E-state index in [0.717, 1.165) is 51.3 Å². The first-order valence-electron chi connectivity index (χ1n) is 9.32. The molecule has 0 radical (unpaired) electrons. The Hall–Kier alpha value is -2.24. The zero-order valence-electron chi connectivity index (χ0n) is 15.4. The van der Waals surface area contributed by atoms with Crippen LogP contribution in [0.3, 0.4) is 0 Å². The number of amides is 1. The van der Waals surface area contributed by atoms with Gasteiger partial charge in [-0.05, 0) is 49.1 Å². The van der Waals surface area contributed by atoms with E-state index < -0.39 is 0 Å². The lowest BCUT2D eigenvalue weighted by atomic mass is 9.97. The van der Waals surface area contributed by atoms with Crippen molar-refractivity contribution in [3.05, 3.63) is 65.0 Å². The van der Waals surface area contributed by atoms with Crippen molar-refractivity contribution in [1.82, 2.24) is 15.2 Å². The minimum atomic E-state index is -0.168. The molecule has 1 amide bonds. The van der Waals surface area contributed by atoms with Crippen LogP contribution in [0.4, 0.5) is 0 Å². The Morgan fingerprint density at radius 1 is 1.27 bits per heavy atom. The van der Waals surface area contributed by atoms with E-state index in [9.17, 15) is 4.79 Å². The summed E-state index contributed by atoms with van der Waals surface area (Å²) in [7, 11) is 0. The van der Waals surface area contributed by atoms with Crippen LogP contribution in [0.15, 0.2) is 42.6 Å². The molecule has 1 aromatic carbocycles. The van der Waals surface area contributed by atoms with Crippen molar-refractivity contribution >= 4 is 5.91 Å². The monoisotopic (exact) mass is 352 g/mol. The van der Waals surface area contributed by atoms with E-state index in [1.165, 1.54) is 16.7 Å². The summed E-state index contributed by atoms with van der Waals surface area (Å²) >= 11 is 0. The second kappa shape index (κ2) is 8.92. The number of benzene rings is 1. The second-order valence-corrected chi connectivity index (χ2v) is 7.15. The average Bonchev–Trinajstić information content (AvgIpc) is 2.64. The number of likely N-dealkylation sites (tertiary alicyclic amines) is 1. The molecule has 1 aromatic heterocycles. The predicted octanol–water partition coefficient (Wildman–Crippen LogP) is 2.38. The molecule has 1 aliphatic heterocycles. The molecule has 0 spiro atoms. The van der Waals surface area contributed by atoms with Gasteiger partial charge in [0.15, 0.2) is 0 Å². The number of nitrogens with zero attached hydrogens (tertiary/aromatic N) is 2. The fourth-order valence-corrected chi connectivity index (χ4v) is 3.57. The Bertz CT molecular complexity index is 746. The molecule has 5 nitrogen and oxygen atoms in total. The maximum Gasteiger partial charge on any atom is 0.221 e. The number of piperidine rings is 1. The third-order valence-corrected chi connectivity index (χ3v) is 5.07. The largest absolute Gasteiger partial charge is 0.369 e. The first-order chi connectivity index (χ1) is 12.6. The van der Waals surface area contributed by atoms with Gasteiger partial charge < -0.3 is 11.1 Å². The summed E-state index contributed by atoms with van der Waals surface area (Å²) in [4.78, 5) is 18.1. The second-order valence-electron chi connectivity index (χ2n) is 7.15. The van der Waals surface area contributed by atoms with Gasteiger partial charge in [0.05, 0.1) is 5.92 Å². The Labute approximate surface area is 155 Å². The van der Waals surface area contributed by atoms with E-state index in [1.807, 2.05) is 19.2 Å². The number of hydrogen-bond donors (Lipinski definition) is 2. The number of carbonyl (C=O) groups excluding carboxylic acids is 1. The van der Waals surface area contributed by atoms with Gasteiger partial charge in [0.25, 0.3) is 0 Å². The van der Waals surface area contributed by atoms with Crippen molar-refractivity contribution in [2.24, 2.45) is 11.7 Å². The smallest absolute Gasteiger partial charge is 0.221 e. The molecule has 0 bridgehead atoms. The Morgan fingerprint density at radius 2 is 2.12 bits per heavy atom. The number of aromatic nitrogens is 1. The third-order valence-electron chi connectivity index (χ3n) is 5.07. The SMILES string of the molecule is Cc1ncccc1CNCc1cccc(CN2CCCC(C(N)=O)C2)c1. The minimum Gasteiger partial charge on any atom is -0.369 e. The quantitative estimate of drug-likeness (QED) is 0.803. The number of pyridine rings is 1. The predicted molar refractivity (Wildman–Crippen MR) is 103 cm³/mol. The van der Waals surface area contributed by atoms with Crippen molar-refractivity contribution in [3.63, 3.8) is 0 Å². The Morgan fingerprint density at radius 3 is 2.92 bits per heavy atom. The normalized spacial score (nSPS) is 18.0. The zero-order chi connectivity index (χ0) is 18.4. The molecule has 26 heavy (non-hydrogen) atoms. The number of rotatable bonds is 7. The fraction of sp³-hybridized carbons (Fsp3) is 0.429. The van der Waals surface area contributed by atoms with E-state index in [0.29, 0.717) is 0 Å². The number of carbonyl (C=O) groups is 1. The third kappa shape index (κ3) is 5.13. The van der Waals surface area contributed by atoms with E-state index in [-0.39, 0.29) is 11.8 Å². The maximum atomic E-state index is 11.4. The number of hydrogen-bond acceptors (Lipinski definition) is 4. The fourth-order valence-electron chi connectivity index (χ4n) is 3.57. The molecule has 3 N–H and O–H groups in total. The molecule has 1 saturated heterocycles. The Balaban J connectivity index is 1.53. The lowest BCUT2D eigenvalue weighted by molar-refractivity contribution is -0.123. The molecule has 5 heteroatoms. The lowest BCUT2D eigenvalue weighted by Crippen LogP contribution is -2.40. The van der Waals surface area contributed by atoms with Crippen LogP contribution >= 0.6 is 0 Å². The molecule has 138 valence electrons. The van der Waals surface area contributed by atoms with E-state index in [1.54, 1.807) is 0 Å². The van der Waals surface area contributed by atoms with Crippen molar-refractivity contribution in [2.45, 2.75) is 39.4 Å². The van der Waals surface area contributed by atoms with Crippen LogP contribution in [-0.4, -0.2) is 28.9 Å². The molecule has 0 aliphatic carbocycles. The summed E-state index contributed by atoms with van der Waals surface area (Å²) < 4.78 is 0. The van der Waals surface area contributed by atoms with Gasteiger partial charge >= 0.3 is 0 Å². The highest BCUT2D eigenvalue weighted by Crippen LogP contribution is 2.18. The van der Waals surface area contributed by atoms with Crippen molar-refractivity contribution in [2.75, 3.05) is 13.1 Å². The Kier molecular flexibility index (Phi) is 6.36. The molecule has 1 unspecified atom stereocenters. The number of nitrogens with one attached hydrogen (secondary N) is 1. The van der Waals surface area contributed by atoms with Crippen LogP contribution < -0.4 is 11.1 Å². The van der Waals surface area contributed by atoms with Gasteiger partial charge in [-0.25, -0.2) is 0 Å². The number of aryl methyl sites for hydroxylation is 1. The molecule has 0 saturated carbocycles. The molecule has 2 heterocycles. The van der Waals surface area contributed by atoms with Gasteiger partial charge in [0.1, 0.15) is 0 Å². The van der Waals surface area contributed by atoms with Gasteiger partial charge in [0.2, 0.25) is 5.91 Å². The topological polar surface area (TPSA) is 71.2 Å². The van der Waals surface area contributed by atoms with Crippen LogP contribution in [-0.2, 0) is 24.4 Å². The highest BCUT2D eigenvalue weighted by molar-refractivity contribution is 5.76. The number of nitrogens with two attached hydrogens (primary N) is 1. The number of primary amides is 1. The summed E-state index contributed by atoms with van der Waals surface area (Å²) in [5.41, 5.74) is 10.3. The first kappa shape index (κ1) is 18.5. The van der Waals surface area contributed by atoms with Crippen molar-refractivity contribution in [3.8, 4) is 0 Å². The highest BCUT2D eigenvalue weighted by atomic mass is 16.1. The molecular weight excluding hydrogens is 324 g/mol. The van der Waals surface area contributed by atoms with Gasteiger partial charge in [-0.15, -0.1) is 0 Å². The summed E-state index contributed by atoms with van der Waals surface area (Å²) in [5, 5.41) is 3.50. The van der Waals surface area contributed by atoms with Crippen LogP contribution in [0, 0.1) is 12.8 Å². The summed E-state index contributed by atoms with van der Waals surface area (Å²) in [5.74, 6) is -0.172. The van der Waals surface area contributed by atoms with Crippen molar-refractivity contribution < 1.29 is 4.79 Å². The zero-order valence-corrected chi connectivity index (χ0v) is 15.4. The first-order valence-corrected chi connectivity index (χ1v) is 9.32. The van der Waals surface area contributed by atoms with Crippen molar-refractivity contribution in [1.29, 1.82) is 0 Å². The lowest BCUT2D eigenvalue weighted by Gasteiger charge is -2.31. The van der Waals surface area contributed by atoms with Crippen LogP contribution in [0.25, 0.3) is 0 Å². The molecule has 2 aromatic rings. The van der Waals surface area contributed by atoms with Gasteiger partial charge in [-0.3, -0.25) is 14.7 Å². The van der Waals surface area contributed by atoms with Gasteiger partial charge in [-0.2, -0.15) is 0 Å². The molecule has 3 rings (SSSR count). The van der Waals surface area contributed by atoms with Crippen LogP contribution in [0.5, 0.6) is 0 Å². The summed E-state index contributed by atoms with van der Waals surface area (Å²) in [6, 6.07) is 12.7. The van der Waals surface area contributed by atoms with E-state index in [2.05, 4.69) is 45.5 Å². The van der Waals surface area contributed by atoms with E-state index in [4.69, 9.17) is 5.73 Å². The maximum absolute atomic E-state index is 11.4. The van der Waals surface area contributed by atoms with E-state index >= 15 is 0 Å². The molecule has 1 fully saturated rings. The van der Waals surface area contributed by atoms with Gasteiger partial charge in [-0.1, -0.05) is 30.3 Å². The molecule has 1 aliphatic rings. The minimum absolute atomic E-state index is 0.00341. The van der Waals surface area contributed by atoms with Gasteiger partial charge in [0, 0.05) is 38.1 Å². The highest BCUT2D eigenvalue weighted by Gasteiger charge is 2.23. The molecular formula is C21H28N4O. The standard InChI is InChI=1S/C21H28N4O/c1-16-19(7-3-9-24-16)13-23-12-17-5-2-6-18(11-17)14-25-10-4-8-20(15-25)21(22)26/h2-3,5-7,9,11,20,23H,4,8,10,12-15H2,1H3,(H2,22,26). The summed E-state index contributed by atoms with van der Waals surface area (Å²) in [6.07, 6.45) is 3.79. The average molecular weight is 352 g/mol. The van der Waals surface area contributed by atoms with Crippen LogP contribution in [0.2, 0.25) is 0 Å². The summed E-state index contributed by atoms with van der Waals surface area (Å²) in [6.45, 7) is 6.36. The molecule has 1 atom stereocenters.